The zero-order valence-corrected chi connectivity index (χ0v) is 11.9. The monoisotopic (exact) mass is 274 g/mol. The van der Waals surface area contributed by atoms with Gasteiger partial charge < -0.3 is 5.32 Å². The lowest BCUT2D eigenvalue weighted by molar-refractivity contribution is -0.116. The molecule has 3 nitrogen and oxygen atoms in total. The van der Waals surface area contributed by atoms with Crippen LogP contribution in [-0.4, -0.2) is 11.2 Å². The maximum absolute atomic E-state index is 11.7. The molecule has 0 aliphatic rings. The average molecular weight is 274 g/mol. The van der Waals surface area contributed by atoms with Crippen molar-refractivity contribution in [3.8, 4) is 6.07 Å². The van der Waals surface area contributed by atoms with Gasteiger partial charge in [0.05, 0.1) is 11.8 Å². The second-order valence-corrected chi connectivity index (χ2v) is 5.64. The third-order valence-electron chi connectivity index (χ3n) is 2.44. The Bertz CT molecular complexity index is 479. The van der Waals surface area contributed by atoms with Gasteiger partial charge in [0.25, 0.3) is 0 Å². The molecule has 0 saturated carbocycles. The van der Waals surface area contributed by atoms with Crippen molar-refractivity contribution < 1.29 is 4.79 Å². The summed E-state index contributed by atoms with van der Waals surface area (Å²) in [6, 6.07) is 9.82. The van der Waals surface area contributed by atoms with Crippen molar-refractivity contribution in [2.75, 3.05) is 5.32 Å². The van der Waals surface area contributed by atoms with Gasteiger partial charge >= 0.3 is 0 Å². The Morgan fingerprint density at radius 2 is 2.32 bits per heavy atom. The van der Waals surface area contributed by atoms with Crippen molar-refractivity contribution in [1.82, 2.24) is 0 Å². The molecule has 0 radical (unpaired) electrons. The van der Waals surface area contributed by atoms with Crippen LogP contribution in [0.5, 0.6) is 0 Å². The highest BCUT2D eigenvalue weighted by atomic mass is 32.2. The number of benzene rings is 1. The van der Waals surface area contributed by atoms with E-state index in [1.165, 1.54) is 0 Å². The Kier molecular flexibility index (Phi) is 6.76. The van der Waals surface area contributed by atoms with E-state index in [2.05, 4.69) is 18.0 Å². The van der Waals surface area contributed by atoms with Crippen LogP contribution in [0.2, 0.25) is 0 Å². The Balaban J connectivity index is 2.70. The summed E-state index contributed by atoms with van der Waals surface area (Å²) in [5, 5.41) is 11.8. The first-order valence-corrected chi connectivity index (χ1v) is 7.08. The van der Waals surface area contributed by atoms with Gasteiger partial charge in [-0.05, 0) is 18.6 Å². The lowest BCUT2D eigenvalue weighted by Crippen LogP contribution is -2.11. The first-order chi connectivity index (χ1) is 9.17. The fraction of sp³-hybridized carbons (Fsp3) is 0.333. The van der Waals surface area contributed by atoms with E-state index >= 15 is 0 Å². The summed E-state index contributed by atoms with van der Waals surface area (Å²) in [7, 11) is 0. The van der Waals surface area contributed by atoms with Gasteiger partial charge in [-0.15, -0.1) is 18.3 Å². The molecule has 1 unspecified atom stereocenters. The predicted octanol–water partition coefficient (Wildman–Crippen LogP) is 3.99. The Morgan fingerprint density at radius 1 is 1.58 bits per heavy atom. The summed E-state index contributed by atoms with van der Waals surface area (Å²) >= 11 is 1.60. The van der Waals surface area contributed by atoms with Crippen molar-refractivity contribution >= 4 is 23.4 Å². The fourth-order valence-corrected chi connectivity index (χ4v) is 2.50. The lowest BCUT2D eigenvalue weighted by atomic mass is 10.2. The molecular formula is C15H18N2OS. The quantitative estimate of drug-likeness (QED) is 0.604. The molecule has 0 spiro atoms. The second kappa shape index (κ2) is 8.39. The van der Waals surface area contributed by atoms with E-state index in [4.69, 9.17) is 5.26 Å². The standard InChI is InChI=1S/C15H18N2OS/c1-3-4-9-15(18)17-13-7-5-6-8-14(13)19-12(2)10-11-16/h3,5-8,12H,1,4,9-10H2,2H3,(H,17,18). The summed E-state index contributed by atoms with van der Waals surface area (Å²) in [4.78, 5) is 12.7. The molecule has 0 aliphatic carbocycles. The molecule has 1 amide bonds. The molecule has 19 heavy (non-hydrogen) atoms. The minimum atomic E-state index is -0.0131. The number of rotatable bonds is 7. The minimum absolute atomic E-state index is 0.0131. The van der Waals surface area contributed by atoms with Crippen molar-refractivity contribution in [2.45, 2.75) is 36.3 Å². The molecule has 4 heteroatoms. The maximum Gasteiger partial charge on any atom is 0.224 e. The predicted molar refractivity (Wildman–Crippen MR) is 80.1 cm³/mol. The number of nitrogens with one attached hydrogen (secondary N) is 1. The molecule has 1 aromatic rings. The molecule has 1 aromatic carbocycles. The number of thioether (sulfide) groups is 1. The Labute approximate surface area is 118 Å². The van der Waals surface area contributed by atoms with Crippen LogP contribution in [0, 0.1) is 11.3 Å². The molecule has 1 rings (SSSR count). The summed E-state index contributed by atoms with van der Waals surface area (Å²) in [5.74, 6) is -0.0131. The van der Waals surface area contributed by atoms with Crippen molar-refractivity contribution in [2.24, 2.45) is 0 Å². The van der Waals surface area contributed by atoms with Gasteiger partial charge in [0.2, 0.25) is 5.91 Å². The minimum Gasteiger partial charge on any atom is -0.325 e. The van der Waals surface area contributed by atoms with Crippen molar-refractivity contribution in [3.63, 3.8) is 0 Å². The van der Waals surface area contributed by atoms with Crippen LogP contribution in [0.3, 0.4) is 0 Å². The molecule has 0 aromatic heterocycles. The molecular weight excluding hydrogens is 256 g/mol. The number of carbonyl (C=O) groups excluding carboxylic acids is 1. The highest BCUT2D eigenvalue weighted by molar-refractivity contribution is 8.00. The number of anilines is 1. The topological polar surface area (TPSA) is 52.9 Å². The van der Waals surface area contributed by atoms with Crippen molar-refractivity contribution in [3.05, 3.63) is 36.9 Å². The smallest absolute Gasteiger partial charge is 0.224 e. The fourth-order valence-electron chi connectivity index (χ4n) is 1.51. The molecule has 0 saturated heterocycles. The van der Waals surface area contributed by atoms with E-state index in [1.807, 2.05) is 31.2 Å². The molecule has 0 aliphatic heterocycles. The molecule has 1 atom stereocenters. The number of hydrogen-bond acceptors (Lipinski definition) is 3. The number of nitriles is 1. The molecule has 0 heterocycles. The van der Waals surface area contributed by atoms with Gasteiger partial charge in [0, 0.05) is 23.0 Å². The Hall–Kier alpha value is -1.73. The summed E-state index contributed by atoms with van der Waals surface area (Å²) in [6.07, 6.45) is 3.33. The third kappa shape index (κ3) is 5.62. The summed E-state index contributed by atoms with van der Waals surface area (Å²) in [6.45, 7) is 5.61. The van der Waals surface area contributed by atoms with E-state index in [0.717, 1.165) is 10.6 Å². The van der Waals surface area contributed by atoms with E-state index in [-0.39, 0.29) is 11.2 Å². The molecule has 0 fully saturated rings. The SMILES string of the molecule is C=CCCC(=O)Nc1ccccc1SC(C)CC#N. The highest BCUT2D eigenvalue weighted by Crippen LogP contribution is 2.31. The van der Waals surface area contributed by atoms with Gasteiger partial charge in [-0.3, -0.25) is 4.79 Å². The molecule has 100 valence electrons. The number of nitrogens with zero attached hydrogens (tertiary/aromatic N) is 1. The van der Waals surface area contributed by atoms with Crippen LogP contribution in [0.1, 0.15) is 26.2 Å². The van der Waals surface area contributed by atoms with Crippen molar-refractivity contribution in [1.29, 1.82) is 5.26 Å². The highest BCUT2D eigenvalue weighted by Gasteiger charge is 2.10. The number of allylic oxidation sites excluding steroid dienone is 1. The first-order valence-electron chi connectivity index (χ1n) is 6.20. The normalized spacial score (nSPS) is 11.4. The lowest BCUT2D eigenvalue weighted by Gasteiger charge is -2.13. The van der Waals surface area contributed by atoms with Crippen LogP contribution in [-0.2, 0) is 4.79 Å². The Morgan fingerprint density at radius 3 is 3.00 bits per heavy atom. The van der Waals surface area contributed by atoms with Crippen LogP contribution < -0.4 is 5.32 Å². The largest absolute Gasteiger partial charge is 0.325 e. The van der Waals surface area contributed by atoms with Crippen LogP contribution in [0.4, 0.5) is 5.69 Å². The zero-order chi connectivity index (χ0) is 14.1. The second-order valence-electron chi connectivity index (χ2n) is 4.16. The molecule has 0 bridgehead atoms. The summed E-state index contributed by atoms with van der Waals surface area (Å²) < 4.78 is 0. The van der Waals surface area contributed by atoms with E-state index < -0.39 is 0 Å². The first kappa shape index (κ1) is 15.3. The van der Waals surface area contributed by atoms with Gasteiger partial charge in [0.15, 0.2) is 0 Å². The van der Waals surface area contributed by atoms with Gasteiger partial charge in [0.1, 0.15) is 0 Å². The van der Waals surface area contributed by atoms with Crippen LogP contribution in [0.15, 0.2) is 41.8 Å². The van der Waals surface area contributed by atoms with Gasteiger partial charge in [-0.2, -0.15) is 5.26 Å². The third-order valence-corrected chi connectivity index (χ3v) is 3.62. The van der Waals surface area contributed by atoms with Gasteiger partial charge in [-0.25, -0.2) is 0 Å². The number of hydrogen-bond donors (Lipinski definition) is 1. The zero-order valence-electron chi connectivity index (χ0n) is 11.1. The van der Waals surface area contributed by atoms with E-state index in [0.29, 0.717) is 19.3 Å². The van der Waals surface area contributed by atoms with E-state index in [9.17, 15) is 4.79 Å². The number of carbonyl (C=O) groups is 1. The number of para-hydroxylation sites is 1. The average Bonchev–Trinajstić information content (AvgIpc) is 2.39. The molecule has 1 N–H and O–H groups in total. The number of amides is 1. The maximum atomic E-state index is 11.7. The van der Waals surface area contributed by atoms with E-state index in [1.54, 1.807) is 17.8 Å². The van der Waals surface area contributed by atoms with Crippen LogP contribution >= 0.6 is 11.8 Å². The van der Waals surface area contributed by atoms with Gasteiger partial charge in [-0.1, -0.05) is 25.1 Å². The van der Waals surface area contributed by atoms with Crippen LogP contribution in [0.25, 0.3) is 0 Å². The summed E-state index contributed by atoms with van der Waals surface area (Å²) in [5.41, 5.74) is 0.811.